The molecule has 1 aliphatic rings. The monoisotopic (exact) mass is 249 g/mol. The largest absolute Gasteiger partial charge is 0.478 e. The summed E-state index contributed by atoms with van der Waals surface area (Å²) in [5, 5.41) is 45.7. The summed E-state index contributed by atoms with van der Waals surface area (Å²) in [6.45, 7) is -0.755. The zero-order valence-electron chi connectivity index (χ0n) is 8.80. The molecule has 0 aromatic heterocycles. The molecule has 0 saturated carbocycles. The third-order valence-electron chi connectivity index (χ3n) is 2.47. The number of hydrogen-bond donors (Lipinski definition) is 6. The maximum absolute atomic E-state index is 10.7. The molecule has 5 atom stereocenters. The van der Waals surface area contributed by atoms with Gasteiger partial charge in [0.2, 0.25) is 5.76 Å². The van der Waals surface area contributed by atoms with Crippen LogP contribution < -0.4 is 5.73 Å². The first-order valence-corrected chi connectivity index (χ1v) is 4.91. The number of carboxylic acids is 1. The van der Waals surface area contributed by atoms with E-state index >= 15 is 0 Å². The van der Waals surface area contributed by atoms with Crippen LogP contribution in [0.25, 0.3) is 0 Å². The van der Waals surface area contributed by atoms with Crippen molar-refractivity contribution in [3.05, 3.63) is 11.8 Å². The lowest BCUT2D eigenvalue weighted by atomic mass is 9.95. The summed E-state index contributed by atoms with van der Waals surface area (Å²) in [4.78, 5) is 10.7. The third-order valence-corrected chi connectivity index (χ3v) is 2.47. The van der Waals surface area contributed by atoms with Gasteiger partial charge in [0.1, 0.15) is 18.3 Å². The van der Waals surface area contributed by atoms with Gasteiger partial charge in [0.15, 0.2) is 6.10 Å². The molecule has 8 nitrogen and oxygen atoms in total. The normalized spacial score (nSPS) is 32.3. The minimum absolute atomic E-state index is 0.517. The van der Waals surface area contributed by atoms with Gasteiger partial charge in [-0.3, -0.25) is 0 Å². The Labute approximate surface area is 96.5 Å². The van der Waals surface area contributed by atoms with E-state index in [0.29, 0.717) is 0 Å². The Morgan fingerprint density at radius 2 is 2.12 bits per heavy atom. The van der Waals surface area contributed by atoms with E-state index in [1.54, 1.807) is 0 Å². The van der Waals surface area contributed by atoms with Gasteiger partial charge in [-0.2, -0.15) is 0 Å². The Hall–Kier alpha value is -1.19. The maximum atomic E-state index is 10.7. The summed E-state index contributed by atoms with van der Waals surface area (Å²) in [7, 11) is 0. The lowest BCUT2D eigenvalue weighted by molar-refractivity contribution is -0.154. The standard InChI is InChI=1S/C9H15NO7/c10-3-1-5(9(15)16)17-8(6(3)13)7(14)4(12)2-11/h1,3-4,6-8,11-14H,2,10H2,(H,15,16). The maximum Gasteiger partial charge on any atom is 0.370 e. The Kier molecular flexibility index (Phi) is 4.43. The number of hydrogen-bond acceptors (Lipinski definition) is 7. The van der Waals surface area contributed by atoms with E-state index in [0.717, 1.165) is 6.08 Å². The second-order valence-electron chi connectivity index (χ2n) is 3.73. The fourth-order valence-electron chi connectivity index (χ4n) is 1.47. The van der Waals surface area contributed by atoms with Crippen LogP contribution in [-0.2, 0) is 9.53 Å². The van der Waals surface area contributed by atoms with Gasteiger partial charge in [0, 0.05) is 0 Å². The van der Waals surface area contributed by atoms with Gasteiger partial charge in [0.05, 0.1) is 12.6 Å². The van der Waals surface area contributed by atoms with Crippen molar-refractivity contribution < 1.29 is 35.1 Å². The highest BCUT2D eigenvalue weighted by atomic mass is 16.5. The van der Waals surface area contributed by atoms with Crippen molar-refractivity contribution >= 4 is 5.97 Å². The first-order valence-electron chi connectivity index (χ1n) is 4.91. The Morgan fingerprint density at radius 1 is 1.53 bits per heavy atom. The molecule has 1 aliphatic heterocycles. The molecule has 98 valence electrons. The van der Waals surface area contributed by atoms with Crippen LogP contribution in [0.5, 0.6) is 0 Å². The van der Waals surface area contributed by atoms with E-state index in [9.17, 15) is 20.1 Å². The smallest absolute Gasteiger partial charge is 0.370 e. The number of carboxylic acid groups (broad SMARTS) is 1. The fraction of sp³-hybridized carbons (Fsp3) is 0.667. The minimum atomic E-state index is -1.65. The topological polar surface area (TPSA) is 153 Å². The Balaban J connectivity index is 2.87. The number of rotatable bonds is 4. The summed E-state index contributed by atoms with van der Waals surface area (Å²) >= 11 is 0. The molecule has 0 aliphatic carbocycles. The van der Waals surface area contributed by atoms with Gasteiger partial charge in [0.25, 0.3) is 0 Å². The van der Waals surface area contributed by atoms with E-state index < -0.39 is 48.8 Å². The molecule has 1 rings (SSSR count). The van der Waals surface area contributed by atoms with Crippen molar-refractivity contribution in [2.75, 3.05) is 6.61 Å². The highest BCUT2D eigenvalue weighted by molar-refractivity contribution is 5.84. The summed E-state index contributed by atoms with van der Waals surface area (Å²) in [6, 6.07) is -1.04. The second-order valence-corrected chi connectivity index (χ2v) is 3.73. The summed E-state index contributed by atoms with van der Waals surface area (Å²) in [5.41, 5.74) is 5.45. The van der Waals surface area contributed by atoms with Crippen LogP contribution in [-0.4, -0.2) is 68.6 Å². The van der Waals surface area contributed by atoms with Gasteiger partial charge in [-0.25, -0.2) is 4.79 Å². The summed E-state index contributed by atoms with van der Waals surface area (Å²) in [6.07, 6.45) is -5.00. The van der Waals surface area contributed by atoms with Crippen molar-refractivity contribution in [1.82, 2.24) is 0 Å². The molecule has 7 N–H and O–H groups in total. The van der Waals surface area contributed by atoms with Gasteiger partial charge in [-0.05, 0) is 6.08 Å². The number of nitrogens with two attached hydrogens (primary N) is 1. The van der Waals surface area contributed by atoms with Crippen molar-refractivity contribution in [2.45, 2.75) is 30.5 Å². The molecule has 0 spiro atoms. The molecular weight excluding hydrogens is 234 g/mol. The van der Waals surface area contributed by atoms with Gasteiger partial charge >= 0.3 is 5.97 Å². The summed E-state index contributed by atoms with van der Waals surface area (Å²) < 4.78 is 4.83. The highest BCUT2D eigenvalue weighted by Crippen LogP contribution is 2.21. The quantitative estimate of drug-likeness (QED) is 0.304. The second kappa shape index (κ2) is 5.43. The molecule has 0 saturated heterocycles. The van der Waals surface area contributed by atoms with Crippen molar-refractivity contribution in [1.29, 1.82) is 0 Å². The van der Waals surface area contributed by atoms with Gasteiger partial charge < -0.3 is 36.0 Å². The molecule has 1 heterocycles. The number of aliphatic hydroxyl groups excluding tert-OH is 4. The van der Waals surface area contributed by atoms with Crippen LogP contribution in [0, 0.1) is 0 Å². The van der Waals surface area contributed by atoms with Crippen LogP contribution in [0.15, 0.2) is 11.8 Å². The Morgan fingerprint density at radius 3 is 2.59 bits per heavy atom. The first-order chi connectivity index (χ1) is 7.88. The number of carbonyl (C=O) groups is 1. The van der Waals surface area contributed by atoms with E-state index in [-0.39, 0.29) is 0 Å². The molecule has 0 fully saturated rings. The minimum Gasteiger partial charge on any atom is -0.478 e. The van der Waals surface area contributed by atoms with Crippen LogP contribution in [0.4, 0.5) is 0 Å². The van der Waals surface area contributed by atoms with E-state index in [2.05, 4.69) is 0 Å². The van der Waals surface area contributed by atoms with E-state index in [4.69, 9.17) is 20.7 Å². The molecule has 0 radical (unpaired) electrons. The zero-order valence-corrected chi connectivity index (χ0v) is 8.80. The van der Waals surface area contributed by atoms with Gasteiger partial charge in [-0.1, -0.05) is 0 Å². The molecule has 0 aromatic carbocycles. The summed E-state index contributed by atoms with van der Waals surface area (Å²) in [5.74, 6) is -1.92. The molecule has 17 heavy (non-hydrogen) atoms. The van der Waals surface area contributed by atoms with Crippen molar-refractivity contribution in [3.8, 4) is 0 Å². The van der Waals surface area contributed by atoms with Crippen LogP contribution in [0.1, 0.15) is 0 Å². The van der Waals surface area contributed by atoms with E-state index in [1.165, 1.54) is 0 Å². The average Bonchev–Trinajstić information content (AvgIpc) is 2.30. The van der Waals surface area contributed by atoms with Crippen LogP contribution >= 0.6 is 0 Å². The van der Waals surface area contributed by atoms with Crippen molar-refractivity contribution in [3.63, 3.8) is 0 Å². The molecule has 0 bridgehead atoms. The lowest BCUT2D eigenvalue weighted by Crippen LogP contribution is -2.55. The fourth-order valence-corrected chi connectivity index (χ4v) is 1.47. The molecule has 0 aromatic rings. The average molecular weight is 249 g/mol. The number of ether oxygens (including phenoxy) is 1. The molecule has 0 amide bonds. The van der Waals surface area contributed by atoms with Gasteiger partial charge in [-0.15, -0.1) is 0 Å². The zero-order chi connectivity index (χ0) is 13.2. The van der Waals surface area contributed by atoms with E-state index in [1.807, 2.05) is 0 Å². The lowest BCUT2D eigenvalue weighted by Gasteiger charge is -2.35. The molecule has 5 unspecified atom stereocenters. The SMILES string of the molecule is NC1C=C(C(=O)O)OC(C(O)C(O)CO)C1O. The number of aliphatic hydroxyl groups is 4. The molecular formula is C9H15NO7. The van der Waals surface area contributed by atoms with Crippen LogP contribution in [0.3, 0.4) is 0 Å². The van der Waals surface area contributed by atoms with Crippen LogP contribution in [0.2, 0.25) is 0 Å². The predicted molar refractivity (Wildman–Crippen MR) is 53.7 cm³/mol. The highest BCUT2D eigenvalue weighted by Gasteiger charge is 2.40. The first kappa shape index (κ1) is 13.9. The third kappa shape index (κ3) is 2.93. The molecule has 8 heteroatoms. The predicted octanol–water partition coefficient (Wildman–Crippen LogP) is -3.24. The Bertz CT molecular complexity index is 318. The number of aliphatic carboxylic acids is 1. The van der Waals surface area contributed by atoms with Crippen molar-refractivity contribution in [2.24, 2.45) is 5.73 Å².